The van der Waals surface area contributed by atoms with E-state index in [0.29, 0.717) is 18.7 Å². The number of rotatable bonds is 3. The summed E-state index contributed by atoms with van der Waals surface area (Å²) in [6, 6.07) is 4.11. The van der Waals surface area contributed by atoms with E-state index >= 15 is 0 Å². The molecule has 5 nitrogen and oxygen atoms in total. The number of hydrogen-bond acceptors (Lipinski definition) is 4. The molecule has 0 spiro atoms. The van der Waals surface area contributed by atoms with E-state index in [4.69, 9.17) is 5.11 Å². The van der Waals surface area contributed by atoms with Gasteiger partial charge in [-0.25, -0.2) is 4.79 Å². The van der Waals surface area contributed by atoms with E-state index in [2.05, 4.69) is 0 Å². The SMILES string of the molecule is CC(=O)c1c(O)cccc1N1CCCC1C(=O)O. The predicted octanol–water partition coefficient (Wildman–Crippen LogP) is 1.65. The number of nitrogens with zero attached hydrogens (tertiary/aromatic N) is 1. The number of hydrogen-bond donors (Lipinski definition) is 2. The van der Waals surface area contributed by atoms with Crippen molar-refractivity contribution in [1.82, 2.24) is 0 Å². The van der Waals surface area contributed by atoms with E-state index in [0.717, 1.165) is 6.42 Å². The molecule has 5 heteroatoms. The van der Waals surface area contributed by atoms with Gasteiger partial charge < -0.3 is 15.1 Å². The number of phenols is 1. The minimum atomic E-state index is -0.898. The molecule has 0 amide bonds. The number of carboxylic acid groups (broad SMARTS) is 1. The summed E-state index contributed by atoms with van der Waals surface area (Å²) in [6.45, 7) is 1.95. The molecular formula is C13H15NO4. The zero-order chi connectivity index (χ0) is 13.3. The molecule has 1 aliphatic rings. The van der Waals surface area contributed by atoms with Gasteiger partial charge in [-0.3, -0.25) is 4.79 Å². The highest BCUT2D eigenvalue weighted by Gasteiger charge is 2.32. The lowest BCUT2D eigenvalue weighted by Gasteiger charge is -2.25. The van der Waals surface area contributed by atoms with Crippen LogP contribution in [0.25, 0.3) is 0 Å². The highest BCUT2D eigenvalue weighted by Crippen LogP contribution is 2.33. The fourth-order valence-corrected chi connectivity index (χ4v) is 2.44. The van der Waals surface area contributed by atoms with Gasteiger partial charge in [-0.1, -0.05) is 6.07 Å². The highest BCUT2D eigenvalue weighted by molar-refractivity contribution is 6.03. The van der Waals surface area contributed by atoms with Crippen LogP contribution in [0.15, 0.2) is 18.2 Å². The van der Waals surface area contributed by atoms with Gasteiger partial charge in [0.15, 0.2) is 5.78 Å². The van der Waals surface area contributed by atoms with Crippen molar-refractivity contribution in [2.45, 2.75) is 25.8 Å². The van der Waals surface area contributed by atoms with Crippen LogP contribution in [0.2, 0.25) is 0 Å². The molecule has 1 heterocycles. The Morgan fingerprint density at radius 1 is 1.39 bits per heavy atom. The maximum atomic E-state index is 11.6. The standard InChI is InChI=1S/C13H15NO4/c1-8(15)12-9(4-2-6-11(12)16)14-7-3-5-10(14)13(17)18/h2,4,6,10,16H,3,5,7H2,1H3,(H,17,18). The average molecular weight is 249 g/mol. The fraction of sp³-hybridized carbons (Fsp3) is 0.385. The Kier molecular flexibility index (Phi) is 3.23. The first-order chi connectivity index (χ1) is 8.52. The van der Waals surface area contributed by atoms with Crippen molar-refractivity contribution in [1.29, 1.82) is 0 Å². The lowest BCUT2D eigenvalue weighted by Crippen LogP contribution is -2.36. The van der Waals surface area contributed by atoms with Crippen molar-refractivity contribution < 1.29 is 19.8 Å². The van der Waals surface area contributed by atoms with Crippen LogP contribution in [-0.4, -0.2) is 34.6 Å². The molecule has 96 valence electrons. The van der Waals surface area contributed by atoms with Crippen LogP contribution >= 0.6 is 0 Å². The first-order valence-electron chi connectivity index (χ1n) is 5.84. The largest absolute Gasteiger partial charge is 0.507 e. The number of carbonyl (C=O) groups excluding carboxylic acids is 1. The lowest BCUT2D eigenvalue weighted by atomic mass is 10.1. The molecule has 0 radical (unpaired) electrons. The minimum Gasteiger partial charge on any atom is -0.507 e. The molecule has 0 bridgehead atoms. The first-order valence-corrected chi connectivity index (χ1v) is 5.84. The molecule has 1 aromatic carbocycles. The van der Waals surface area contributed by atoms with Gasteiger partial charge in [-0.05, 0) is 31.9 Å². The van der Waals surface area contributed by atoms with E-state index < -0.39 is 12.0 Å². The quantitative estimate of drug-likeness (QED) is 0.796. The van der Waals surface area contributed by atoms with E-state index in [-0.39, 0.29) is 17.1 Å². The Labute approximate surface area is 105 Å². The van der Waals surface area contributed by atoms with Gasteiger partial charge in [0.1, 0.15) is 11.8 Å². The summed E-state index contributed by atoms with van der Waals surface area (Å²) >= 11 is 0. The van der Waals surface area contributed by atoms with E-state index in [1.165, 1.54) is 13.0 Å². The monoisotopic (exact) mass is 249 g/mol. The van der Waals surface area contributed by atoms with Gasteiger partial charge in [0.25, 0.3) is 0 Å². The van der Waals surface area contributed by atoms with Gasteiger partial charge in [0.05, 0.1) is 11.3 Å². The molecule has 1 aliphatic heterocycles. The Morgan fingerprint density at radius 3 is 2.72 bits per heavy atom. The maximum Gasteiger partial charge on any atom is 0.326 e. The van der Waals surface area contributed by atoms with Crippen LogP contribution in [0.5, 0.6) is 5.75 Å². The van der Waals surface area contributed by atoms with E-state index in [1.807, 2.05) is 0 Å². The summed E-state index contributed by atoms with van der Waals surface area (Å²) in [7, 11) is 0. The van der Waals surface area contributed by atoms with Crippen LogP contribution in [0.1, 0.15) is 30.1 Å². The van der Waals surface area contributed by atoms with Crippen LogP contribution in [-0.2, 0) is 4.79 Å². The summed E-state index contributed by atoms with van der Waals surface area (Å²) in [5, 5.41) is 18.9. The normalized spacial score (nSPS) is 18.9. The third-order valence-electron chi connectivity index (χ3n) is 3.22. The molecule has 2 rings (SSSR count). The number of carbonyl (C=O) groups is 2. The van der Waals surface area contributed by atoms with Crippen molar-refractivity contribution in [3.63, 3.8) is 0 Å². The van der Waals surface area contributed by atoms with Gasteiger partial charge >= 0.3 is 5.97 Å². The molecule has 1 aromatic rings. The number of phenolic OH excluding ortho intramolecular Hbond substituents is 1. The van der Waals surface area contributed by atoms with Gasteiger partial charge in [-0.15, -0.1) is 0 Å². The molecule has 1 atom stereocenters. The van der Waals surface area contributed by atoms with Gasteiger partial charge in [0.2, 0.25) is 0 Å². The fourth-order valence-electron chi connectivity index (χ4n) is 2.44. The molecule has 1 saturated heterocycles. The molecule has 0 saturated carbocycles. The minimum absolute atomic E-state index is 0.101. The number of benzene rings is 1. The number of aromatic hydroxyl groups is 1. The molecular weight excluding hydrogens is 234 g/mol. The maximum absolute atomic E-state index is 11.6. The summed E-state index contributed by atoms with van der Waals surface area (Å²) in [5.74, 6) is -1.26. The Bertz CT molecular complexity index is 498. The second kappa shape index (κ2) is 4.68. The lowest BCUT2D eigenvalue weighted by molar-refractivity contribution is -0.138. The summed E-state index contributed by atoms with van der Waals surface area (Å²) in [4.78, 5) is 24.4. The topological polar surface area (TPSA) is 77.8 Å². The smallest absolute Gasteiger partial charge is 0.326 e. The van der Waals surface area contributed by atoms with E-state index in [1.54, 1.807) is 17.0 Å². The summed E-state index contributed by atoms with van der Waals surface area (Å²) in [6.07, 6.45) is 1.33. The van der Waals surface area contributed by atoms with Crippen molar-refractivity contribution in [3.05, 3.63) is 23.8 Å². The second-order valence-electron chi connectivity index (χ2n) is 4.42. The number of aliphatic carboxylic acids is 1. The molecule has 1 unspecified atom stereocenters. The number of ketones is 1. The van der Waals surface area contributed by atoms with Crippen molar-refractivity contribution >= 4 is 17.4 Å². The van der Waals surface area contributed by atoms with Crippen molar-refractivity contribution in [2.24, 2.45) is 0 Å². The summed E-state index contributed by atoms with van der Waals surface area (Å²) in [5.41, 5.74) is 0.707. The molecule has 2 N–H and O–H groups in total. The number of anilines is 1. The van der Waals surface area contributed by atoms with Gasteiger partial charge in [0, 0.05) is 6.54 Å². The molecule has 18 heavy (non-hydrogen) atoms. The second-order valence-corrected chi connectivity index (χ2v) is 4.42. The molecule has 0 aromatic heterocycles. The average Bonchev–Trinajstić information content (AvgIpc) is 2.76. The van der Waals surface area contributed by atoms with Crippen LogP contribution in [0.4, 0.5) is 5.69 Å². The van der Waals surface area contributed by atoms with Crippen LogP contribution < -0.4 is 4.90 Å². The third kappa shape index (κ3) is 2.03. The predicted molar refractivity (Wildman–Crippen MR) is 66.1 cm³/mol. The first kappa shape index (κ1) is 12.4. The Hall–Kier alpha value is -2.04. The Morgan fingerprint density at radius 2 is 2.11 bits per heavy atom. The Balaban J connectivity index is 2.48. The van der Waals surface area contributed by atoms with E-state index in [9.17, 15) is 14.7 Å². The zero-order valence-electron chi connectivity index (χ0n) is 10.1. The van der Waals surface area contributed by atoms with Crippen LogP contribution in [0.3, 0.4) is 0 Å². The van der Waals surface area contributed by atoms with Crippen LogP contribution in [0, 0.1) is 0 Å². The van der Waals surface area contributed by atoms with Gasteiger partial charge in [-0.2, -0.15) is 0 Å². The molecule has 0 aliphatic carbocycles. The third-order valence-corrected chi connectivity index (χ3v) is 3.22. The zero-order valence-corrected chi connectivity index (χ0v) is 10.1. The highest BCUT2D eigenvalue weighted by atomic mass is 16.4. The molecule has 1 fully saturated rings. The summed E-state index contributed by atoms with van der Waals surface area (Å²) < 4.78 is 0. The van der Waals surface area contributed by atoms with Crippen molar-refractivity contribution in [2.75, 3.05) is 11.4 Å². The number of carboxylic acids is 1. The number of Topliss-reactive ketones (excluding diaryl/α,β-unsaturated/α-hetero) is 1. The van der Waals surface area contributed by atoms with Crippen molar-refractivity contribution in [3.8, 4) is 5.75 Å².